The minimum absolute atomic E-state index is 0.222. The molecule has 0 aliphatic rings. The van der Waals surface area contributed by atoms with Crippen molar-refractivity contribution in [2.75, 3.05) is 0 Å². The highest BCUT2D eigenvalue weighted by molar-refractivity contribution is 6.33. The molecule has 2 heteroatoms. The molecule has 0 amide bonds. The Kier molecular flexibility index (Phi) is 2.47. The fourth-order valence-electron chi connectivity index (χ4n) is 1.08. The second kappa shape index (κ2) is 3.38. The van der Waals surface area contributed by atoms with Crippen molar-refractivity contribution < 1.29 is 4.79 Å². The quantitative estimate of drug-likeness (QED) is 0.540. The highest BCUT2D eigenvalue weighted by atomic mass is 16.1. The van der Waals surface area contributed by atoms with E-state index in [9.17, 15) is 4.79 Å². The summed E-state index contributed by atoms with van der Waals surface area (Å²) in [5, 5.41) is 0. The van der Waals surface area contributed by atoms with Gasteiger partial charge in [-0.25, -0.2) is 0 Å². The number of carbonyl (C=O) groups excluding carboxylic acids is 1. The zero-order valence-corrected chi connectivity index (χ0v) is 6.92. The summed E-state index contributed by atoms with van der Waals surface area (Å²) in [6.07, 6.45) is 0.562. The van der Waals surface area contributed by atoms with Gasteiger partial charge in [-0.15, -0.1) is 0 Å². The van der Waals surface area contributed by atoms with E-state index < -0.39 is 0 Å². The Morgan fingerprint density at radius 1 is 1.45 bits per heavy atom. The molecule has 1 aromatic rings. The van der Waals surface area contributed by atoms with Crippen LogP contribution < -0.4 is 5.46 Å². The first-order chi connectivity index (χ1) is 5.20. The van der Waals surface area contributed by atoms with Crippen LogP contribution >= 0.6 is 0 Å². The topological polar surface area (TPSA) is 17.1 Å². The molecule has 0 aromatic heterocycles. The van der Waals surface area contributed by atoms with Crippen molar-refractivity contribution in [3.05, 3.63) is 29.8 Å². The molecule has 0 saturated heterocycles. The number of hydrogen-bond acceptors (Lipinski definition) is 1. The smallest absolute Gasteiger partial charge is 0.139 e. The van der Waals surface area contributed by atoms with E-state index in [0.717, 1.165) is 5.56 Å². The lowest BCUT2D eigenvalue weighted by atomic mass is 9.89. The molecule has 0 fully saturated rings. The standard InChI is InChI=1S/C9H11BO/c1-7(11)6-8-4-2-3-5-9(8)10/h2-5H,6,10H2,1H3. The second-order valence-corrected chi connectivity index (χ2v) is 2.81. The van der Waals surface area contributed by atoms with Gasteiger partial charge in [-0.3, -0.25) is 4.79 Å². The molecule has 11 heavy (non-hydrogen) atoms. The molecule has 56 valence electrons. The van der Waals surface area contributed by atoms with Crippen LogP contribution in [-0.2, 0) is 11.2 Å². The molecule has 0 N–H and O–H groups in total. The molecule has 0 aliphatic carbocycles. The number of hydrogen-bond donors (Lipinski definition) is 0. The molecule has 0 radical (unpaired) electrons. The normalized spacial score (nSPS) is 9.55. The monoisotopic (exact) mass is 146 g/mol. The van der Waals surface area contributed by atoms with Crippen LogP contribution in [0.4, 0.5) is 0 Å². The molecule has 0 aliphatic heterocycles. The molecule has 0 bridgehead atoms. The third-order valence-corrected chi connectivity index (χ3v) is 1.70. The van der Waals surface area contributed by atoms with Crippen molar-refractivity contribution in [1.29, 1.82) is 0 Å². The number of benzene rings is 1. The van der Waals surface area contributed by atoms with E-state index in [2.05, 4.69) is 0 Å². The van der Waals surface area contributed by atoms with Crippen molar-refractivity contribution in [3.63, 3.8) is 0 Å². The number of carbonyl (C=O) groups is 1. The third-order valence-electron chi connectivity index (χ3n) is 1.70. The molecular weight excluding hydrogens is 135 g/mol. The Morgan fingerprint density at radius 2 is 2.09 bits per heavy atom. The van der Waals surface area contributed by atoms with Gasteiger partial charge in [0.05, 0.1) is 0 Å². The van der Waals surface area contributed by atoms with Crippen LogP contribution in [0.15, 0.2) is 24.3 Å². The first-order valence-corrected chi connectivity index (χ1v) is 3.74. The number of ketones is 1. The van der Waals surface area contributed by atoms with Gasteiger partial charge >= 0.3 is 0 Å². The maximum Gasteiger partial charge on any atom is 0.139 e. The van der Waals surface area contributed by atoms with Crippen LogP contribution in [0, 0.1) is 0 Å². The van der Waals surface area contributed by atoms with E-state index in [1.807, 2.05) is 32.1 Å². The van der Waals surface area contributed by atoms with Crippen LogP contribution in [0.2, 0.25) is 0 Å². The van der Waals surface area contributed by atoms with E-state index in [1.54, 1.807) is 6.92 Å². The summed E-state index contributed by atoms with van der Waals surface area (Å²) in [6, 6.07) is 7.97. The fraction of sp³-hybridized carbons (Fsp3) is 0.222. The Morgan fingerprint density at radius 3 is 2.64 bits per heavy atom. The largest absolute Gasteiger partial charge is 0.300 e. The van der Waals surface area contributed by atoms with Crippen LogP contribution in [0.5, 0.6) is 0 Å². The van der Waals surface area contributed by atoms with Crippen molar-refractivity contribution in [2.45, 2.75) is 13.3 Å². The highest BCUT2D eigenvalue weighted by Crippen LogP contribution is 1.95. The molecule has 1 rings (SSSR count). The minimum Gasteiger partial charge on any atom is -0.300 e. The Hall–Kier alpha value is -1.05. The SMILES string of the molecule is Bc1ccccc1CC(C)=O. The molecule has 0 spiro atoms. The first-order valence-electron chi connectivity index (χ1n) is 3.74. The maximum absolute atomic E-state index is 10.8. The summed E-state index contributed by atoms with van der Waals surface area (Å²) in [7, 11) is 2.03. The van der Waals surface area contributed by atoms with Gasteiger partial charge in [-0.1, -0.05) is 29.7 Å². The van der Waals surface area contributed by atoms with E-state index in [-0.39, 0.29) is 5.78 Å². The Balaban J connectivity index is 2.86. The summed E-state index contributed by atoms with van der Waals surface area (Å²) in [5.74, 6) is 0.222. The predicted octanol–water partition coefficient (Wildman–Crippen LogP) is 0.0765. The van der Waals surface area contributed by atoms with Crippen LogP contribution in [-0.4, -0.2) is 13.6 Å². The lowest BCUT2D eigenvalue weighted by molar-refractivity contribution is -0.116. The highest BCUT2D eigenvalue weighted by Gasteiger charge is 1.98. The molecule has 0 unspecified atom stereocenters. The van der Waals surface area contributed by atoms with Gasteiger partial charge in [0.2, 0.25) is 0 Å². The van der Waals surface area contributed by atoms with Crippen LogP contribution in [0.25, 0.3) is 0 Å². The van der Waals surface area contributed by atoms with Gasteiger partial charge in [-0.2, -0.15) is 0 Å². The average Bonchev–Trinajstić information content (AvgIpc) is 1.93. The Bertz CT molecular complexity index is 268. The molecule has 0 heterocycles. The van der Waals surface area contributed by atoms with Crippen molar-refractivity contribution in [2.24, 2.45) is 0 Å². The van der Waals surface area contributed by atoms with E-state index in [0.29, 0.717) is 6.42 Å². The molecule has 0 saturated carbocycles. The molecular formula is C9H11BO. The van der Waals surface area contributed by atoms with E-state index in [4.69, 9.17) is 0 Å². The van der Waals surface area contributed by atoms with Gasteiger partial charge in [0.1, 0.15) is 13.6 Å². The van der Waals surface area contributed by atoms with Gasteiger partial charge < -0.3 is 0 Å². The number of Topliss-reactive ketones (excluding diaryl/α,β-unsaturated/α-hetero) is 1. The van der Waals surface area contributed by atoms with E-state index in [1.165, 1.54) is 5.46 Å². The van der Waals surface area contributed by atoms with Crippen LogP contribution in [0.3, 0.4) is 0 Å². The van der Waals surface area contributed by atoms with Crippen molar-refractivity contribution in [3.8, 4) is 0 Å². The lowest BCUT2D eigenvalue weighted by Crippen LogP contribution is -2.12. The Labute approximate surface area is 67.8 Å². The summed E-state index contributed by atoms with van der Waals surface area (Å²) >= 11 is 0. The minimum atomic E-state index is 0.222. The number of rotatable bonds is 2. The second-order valence-electron chi connectivity index (χ2n) is 2.81. The zero-order valence-electron chi connectivity index (χ0n) is 6.92. The average molecular weight is 146 g/mol. The molecule has 1 nitrogen and oxygen atoms in total. The lowest BCUT2D eigenvalue weighted by Gasteiger charge is -2.00. The van der Waals surface area contributed by atoms with Crippen molar-refractivity contribution >= 4 is 19.1 Å². The summed E-state index contributed by atoms with van der Waals surface area (Å²) in [5.41, 5.74) is 2.34. The fourth-order valence-corrected chi connectivity index (χ4v) is 1.08. The molecule has 0 atom stereocenters. The van der Waals surface area contributed by atoms with Gasteiger partial charge in [0, 0.05) is 6.42 Å². The summed E-state index contributed by atoms with van der Waals surface area (Å²) < 4.78 is 0. The van der Waals surface area contributed by atoms with Gasteiger partial charge in [0.25, 0.3) is 0 Å². The zero-order chi connectivity index (χ0) is 8.27. The molecule has 1 aromatic carbocycles. The predicted molar refractivity (Wildman–Crippen MR) is 49.0 cm³/mol. The summed E-state index contributed by atoms with van der Waals surface area (Å²) in [6.45, 7) is 1.62. The van der Waals surface area contributed by atoms with E-state index >= 15 is 0 Å². The first kappa shape index (κ1) is 8.06. The third kappa shape index (κ3) is 2.22. The van der Waals surface area contributed by atoms with Gasteiger partial charge in [0.15, 0.2) is 0 Å². The van der Waals surface area contributed by atoms with Crippen molar-refractivity contribution in [1.82, 2.24) is 0 Å². The maximum atomic E-state index is 10.8. The van der Waals surface area contributed by atoms with Gasteiger partial charge in [-0.05, 0) is 12.5 Å². The van der Waals surface area contributed by atoms with Crippen LogP contribution in [0.1, 0.15) is 12.5 Å². The summed E-state index contributed by atoms with van der Waals surface area (Å²) in [4.78, 5) is 10.8.